The van der Waals surface area contributed by atoms with Crippen LogP contribution in [-0.4, -0.2) is 25.0 Å². The van der Waals surface area contributed by atoms with Crippen LogP contribution < -0.4 is 10.6 Å². The third-order valence-corrected chi connectivity index (χ3v) is 3.28. The van der Waals surface area contributed by atoms with Crippen LogP contribution >= 0.6 is 15.9 Å². The first-order valence-electron chi connectivity index (χ1n) is 6.03. The Bertz CT molecular complexity index is 374. The van der Waals surface area contributed by atoms with E-state index >= 15 is 0 Å². The molecule has 0 heterocycles. The monoisotopic (exact) mass is 296 g/mol. The van der Waals surface area contributed by atoms with Gasteiger partial charge in [0.05, 0.1) is 0 Å². The van der Waals surface area contributed by atoms with E-state index in [0.717, 1.165) is 30.0 Å². The Morgan fingerprint density at radius 1 is 1.24 bits per heavy atom. The lowest BCUT2D eigenvalue weighted by Gasteiger charge is -2.06. The van der Waals surface area contributed by atoms with E-state index < -0.39 is 0 Å². The molecule has 0 bridgehead atoms. The molecule has 92 valence electrons. The highest BCUT2D eigenvalue weighted by molar-refractivity contribution is 9.10. The molecular formula is C13H17BrN2O. The molecule has 0 unspecified atom stereocenters. The van der Waals surface area contributed by atoms with Gasteiger partial charge in [0.15, 0.2) is 0 Å². The summed E-state index contributed by atoms with van der Waals surface area (Å²) in [5, 5.41) is 6.34. The number of carbonyl (C=O) groups excluding carboxylic acids is 1. The summed E-state index contributed by atoms with van der Waals surface area (Å²) in [6.07, 6.45) is 3.61. The van der Waals surface area contributed by atoms with Gasteiger partial charge in [0, 0.05) is 22.6 Å². The van der Waals surface area contributed by atoms with Gasteiger partial charge >= 0.3 is 0 Å². The standard InChI is InChI=1S/C13H17BrN2O/c14-11-4-2-10(3-5-11)13(17)16-9-1-8-15-12-6-7-12/h2-5,12,15H,1,6-9H2,(H,16,17). The molecule has 1 aromatic carbocycles. The molecule has 1 aliphatic carbocycles. The second-order valence-electron chi connectivity index (χ2n) is 4.34. The zero-order valence-corrected chi connectivity index (χ0v) is 11.3. The van der Waals surface area contributed by atoms with Gasteiger partial charge in [-0.2, -0.15) is 0 Å². The molecule has 1 aliphatic rings. The molecule has 1 amide bonds. The summed E-state index contributed by atoms with van der Waals surface area (Å²) in [5.41, 5.74) is 0.711. The predicted molar refractivity (Wildman–Crippen MR) is 72.1 cm³/mol. The van der Waals surface area contributed by atoms with E-state index in [1.165, 1.54) is 12.8 Å². The highest BCUT2D eigenvalue weighted by Crippen LogP contribution is 2.18. The molecule has 3 nitrogen and oxygen atoms in total. The van der Waals surface area contributed by atoms with Gasteiger partial charge in [-0.05, 0) is 50.1 Å². The van der Waals surface area contributed by atoms with Crippen molar-refractivity contribution >= 4 is 21.8 Å². The van der Waals surface area contributed by atoms with Crippen LogP contribution in [0.15, 0.2) is 28.7 Å². The maximum absolute atomic E-state index is 11.7. The molecule has 2 N–H and O–H groups in total. The van der Waals surface area contributed by atoms with Crippen LogP contribution in [0.5, 0.6) is 0 Å². The quantitative estimate of drug-likeness (QED) is 0.791. The molecule has 0 atom stereocenters. The number of hydrogen-bond acceptors (Lipinski definition) is 2. The van der Waals surface area contributed by atoms with Crippen LogP contribution in [0.25, 0.3) is 0 Å². The lowest BCUT2D eigenvalue weighted by Crippen LogP contribution is -2.27. The van der Waals surface area contributed by atoms with Gasteiger partial charge in [-0.15, -0.1) is 0 Å². The number of nitrogens with one attached hydrogen (secondary N) is 2. The zero-order valence-electron chi connectivity index (χ0n) is 9.71. The first-order chi connectivity index (χ1) is 8.25. The summed E-state index contributed by atoms with van der Waals surface area (Å²) in [4.78, 5) is 11.7. The summed E-state index contributed by atoms with van der Waals surface area (Å²) in [6, 6.07) is 8.15. The van der Waals surface area contributed by atoms with E-state index in [9.17, 15) is 4.79 Å². The Labute approximate surface area is 110 Å². The van der Waals surface area contributed by atoms with Crippen molar-refractivity contribution in [3.63, 3.8) is 0 Å². The number of amides is 1. The van der Waals surface area contributed by atoms with Crippen molar-refractivity contribution in [1.29, 1.82) is 0 Å². The maximum Gasteiger partial charge on any atom is 0.251 e. The molecule has 1 aromatic rings. The van der Waals surface area contributed by atoms with Gasteiger partial charge in [0.25, 0.3) is 5.91 Å². The van der Waals surface area contributed by atoms with Crippen molar-refractivity contribution < 1.29 is 4.79 Å². The molecule has 0 radical (unpaired) electrons. The molecule has 1 fully saturated rings. The average Bonchev–Trinajstić information content (AvgIpc) is 3.13. The molecule has 0 aromatic heterocycles. The summed E-state index contributed by atoms with van der Waals surface area (Å²) in [7, 11) is 0. The van der Waals surface area contributed by atoms with Crippen LogP contribution in [0, 0.1) is 0 Å². The first-order valence-corrected chi connectivity index (χ1v) is 6.82. The van der Waals surface area contributed by atoms with Gasteiger partial charge in [-0.1, -0.05) is 15.9 Å². The minimum atomic E-state index is 0.00363. The van der Waals surface area contributed by atoms with Crippen molar-refractivity contribution in [2.45, 2.75) is 25.3 Å². The minimum Gasteiger partial charge on any atom is -0.352 e. The number of rotatable bonds is 6. The summed E-state index contributed by atoms with van der Waals surface area (Å²) in [5.74, 6) is 0.00363. The topological polar surface area (TPSA) is 41.1 Å². The summed E-state index contributed by atoms with van der Waals surface area (Å²) in [6.45, 7) is 1.72. The molecule has 0 saturated heterocycles. The van der Waals surface area contributed by atoms with E-state index in [-0.39, 0.29) is 5.91 Å². The SMILES string of the molecule is O=C(NCCCNC1CC1)c1ccc(Br)cc1. The first kappa shape index (κ1) is 12.6. The number of benzene rings is 1. The Hall–Kier alpha value is -0.870. The van der Waals surface area contributed by atoms with Gasteiger partial charge in [0.1, 0.15) is 0 Å². The lowest BCUT2D eigenvalue weighted by atomic mass is 10.2. The molecule has 2 rings (SSSR count). The van der Waals surface area contributed by atoms with Crippen LogP contribution in [0.3, 0.4) is 0 Å². The minimum absolute atomic E-state index is 0.00363. The molecule has 17 heavy (non-hydrogen) atoms. The molecule has 4 heteroatoms. The van der Waals surface area contributed by atoms with Crippen molar-refractivity contribution in [1.82, 2.24) is 10.6 Å². The number of halogens is 1. The molecule has 1 saturated carbocycles. The maximum atomic E-state index is 11.7. The fourth-order valence-corrected chi connectivity index (χ4v) is 1.85. The molecular weight excluding hydrogens is 280 g/mol. The van der Waals surface area contributed by atoms with E-state index in [0.29, 0.717) is 5.56 Å². The third-order valence-electron chi connectivity index (χ3n) is 2.76. The Morgan fingerprint density at radius 2 is 1.94 bits per heavy atom. The van der Waals surface area contributed by atoms with E-state index in [1.807, 2.05) is 24.3 Å². The van der Waals surface area contributed by atoms with Gasteiger partial charge in [0.2, 0.25) is 0 Å². The fraction of sp³-hybridized carbons (Fsp3) is 0.462. The number of hydrogen-bond donors (Lipinski definition) is 2. The van der Waals surface area contributed by atoms with Crippen LogP contribution in [0.4, 0.5) is 0 Å². The van der Waals surface area contributed by atoms with Gasteiger partial charge in [-0.25, -0.2) is 0 Å². The predicted octanol–water partition coefficient (Wildman–Crippen LogP) is 2.32. The Morgan fingerprint density at radius 3 is 2.59 bits per heavy atom. The zero-order chi connectivity index (χ0) is 12.1. The largest absolute Gasteiger partial charge is 0.352 e. The van der Waals surface area contributed by atoms with Crippen LogP contribution in [0.2, 0.25) is 0 Å². The second kappa shape index (κ2) is 6.17. The van der Waals surface area contributed by atoms with E-state index in [4.69, 9.17) is 0 Å². The number of carbonyl (C=O) groups is 1. The van der Waals surface area contributed by atoms with E-state index in [2.05, 4.69) is 26.6 Å². The summed E-state index contributed by atoms with van der Waals surface area (Å²) >= 11 is 3.35. The van der Waals surface area contributed by atoms with Crippen molar-refractivity contribution in [3.8, 4) is 0 Å². The highest BCUT2D eigenvalue weighted by atomic mass is 79.9. The smallest absolute Gasteiger partial charge is 0.251 e. The molecule has 0 spiro atoms. The Balaban J connectivity index is 1.64. The average molecular weight is 297 g/mol. The second-order valence-corrected chi connectivity index (χ2v) is 5.26. The van der Waals surface area contributed by atoms with Gasteiger partial charge < -0.3 is 10.6 Å². The van der Waals surface area contributed by atoms with Crippen molar-refractivity contribution in [3.05, 3.63) is 34.3 Å². The highest BCUT2D eigenvalue weighted by Gasteiger charge is 2.19. The summed E-state index contributed by atoms with van der Waals surface area (Å²) < 4.78 is 0.989. The van der Waals surface area contributed by atoms with Crippen molar-refractivity contribution in [2.24, 2.45) is 0 Å². The fourth-order valence-electron chi connectivity index (χ4n) is 1.59. The normalized spacial score (nSPS) is 14.6. The Kier molecular flexibility index (Phi) is 4.57. The van der Waals surface area contributed by atoms with Gasteiger partial charge in [-0.3, -0.25) is 4.79 Å². The van der Waals surface area contributed by atoms with E-state index in [1.54, 1.807) is 0 Å². The molecule has 0 aliphatic heterocycles. The van der Waals surface area contributed by atoms with Crippen LogP contribution in [-0.2, 0) is 0 Å². The lowest BCUT2D eigenvalue weighted by molar-refractivity contribution is 0.0953. The third kappa shape index (κ3) is 4.48. The van der Waals surface area contributed by atoms with Crippen LogP contribution in [0.1, 0.15) is 29.6 Å². The van der Waals surface area contributed by atoms with Crippen molar-refractivity contribution in [2.75, 3.05) is 13.1 Å².